The van der Waals surface area contributed by atoms with Crippen LogP contribution < -0.4 is 0 Å². The van der Waals surface area contributed by atoms with Crippen molar-refractivity contribution < 1.29 is 19.1 Å². The van der Waals surface area contributed by atoms with E-state index in [0.29, 0.717) is 13.1 Å². The van der Waals surface area contributed by atoms with Crippen LogP contribution in [0.2, 0.25) is 0 Å². The summed E-state index contributed by atoms with van der Waals surface area (Å²) in [4.78, 5) is 27.9. The van der Waals surface area contributed by atoms with Crippen molar-refractivity contribution in [3.8, 4) is 0 Å². The molecule has 1 heterocycles. The zero-order chi connectivity index (χ0) is 16.4. The van der Waals surface area contributed by atoms with Gasteiger partial charge in [-0.2, -0.15) is 0 Å². The number of piperazine rings is 1. The molecule has 0 aromatic rings. The van der Waals surface area contributed by atoms with Crippen molar-refractivity contribution in [2.45, 2.75) is 52.3 Å². The lowest BCUT2D eigenvalue weighted by Gasteiger charge is -2.45. The number of hydrogen-bond donors (Lipinski definition) is 0. The second-order valence-corrected chi connectivity index (χ2v) is 6.92. The lowest BCUT2D eigenvalue weighted by Crippen LogP contribution is -2.63. The summed E-state index contributed by atoms with van der Waals surface area (Å²) in [5, 5.41) is 0. The maximum atomic E-state index is 12.4. The SMILES string of the molecule is COC(=O)[C@@H]1CN(C(=O)OC(C)(C)C)C(C(C)C)CN1C. The highest BCUT2D eigenvalue weighted by molar-refractivity contribution is 5.78. The van der Waals surface area contributed by atoms with Crippen LogP contribution in [-0.2, 0) is 14.3 Å². The molecule has 0 aromatic carbocycles. The first kappa shape index (κ1) is 17.8. The van der Waals surface area contributed by atoms with Gasteiger partial charge in [0.25, 0.3) is 0 Å². The number of likely N-dealkylation sites (N-methyl/N-ethyl adjacent to an activating group) is 1. The van der Waals surface area contributed by atoms with Gasteiger partial charge in [0, 0.05) is 6.54 Å². The highest BCUT2D eigenvalue weighted by Crippen LogP contribution is 2.23. The molecule has 0 saturated carbocycles. The van der Waals surface area contributed by atoms with Gasteiger partial charge in [-0.3, -0.25) is 9.69 Å². The van der Waals surface area contributed by atoms with E-state index in [1.807, 2.05) is 32.7 Å². The van der Waals surface area contributed by atoms with Gasteiger partial charge in [0.2, 0.25) is 0 Å². The van der Waals surface area contributed by atoms with E-state index in [9.17, 15) is 9.59 Å². The quantitative estimate of drug-likeness (QED) is 0.727. The normalized spacial score (nSPS) is 24.1. The Labute approximate surface area is 127 Å². The molecule has 1 unspecified atom stereocenters. The van der Waals surface area contributed by atoms with Crippen LogP contribution in [0.5, 0.6) is 0 Å². The van der Waals surface area contributed by atoms with Gasteiger partial charge in [0.1, 0.15) is 11.6 Å². The fourth-order valence-electron chi connectivity index (χ4n) is 2.47. The summed E-state index contributed by atoms with van der Waals surface area (Å²) in [5.41, 5.74) is -0.553. The molecule has 1 rings (SSSR count). The molecule has 122 valence electrons. The number of carbonyl (C=O) groups is 2. The molecule has 1 aliphatic heterocycles. The molecule has 0 N–H and O–H groups in total. The van der Waals surface area contributed by atoms with Gasteiger partial charge >= 0.3 is 12.1 Å². The number of rotatable bonds is 2. The Balaban J connectivity index is 2.94. The minimum absolute atomic E-state index is 0.0192. The highest BCUT2D eigenvalue weighted by atomic mass is 16.6. The van der Waals surface area contributed by atoms with Crippen LogP contribution in [0.15, 0.2) is 0 Å². The predicted octanol–water partition coefficient (Wildman–Crippen LogP) is 1.74. The summed E-state index contributed by atoms with van der Waals surface area (Å²) >= 11 is 0. The summed E-state index contributed by atoms with van der Waals surface area (Å²) in [6.07, 6.45) is -0.372. The summed E-state index contributed by atoms with van der Waals surface area (Å²) in [6.45, 7) is 10.6. The largest absolute Gasteiger partial charge is 0.468 e. The lowest BCUT2D eigenvalue weighted by molar-refractivity contribution is -0.150. The molecule has 1 aliphatic rings. The van der Waals surface area contributed by atoms with Crippen molar-refractivity contribution in [3.63, 3.8) is 0 Å². The molecule has 0 bridgehead atoms. The Bertz CT molecular complexity index is 390. The maximum Gasteiger partial charge on any atom is 0.410 e. The van der Waals surface area contributed by atoms with Crippen molar-refractivity contribution >= 4 is 12.1 Å². The standard InChI is InChI=1S/C15H28N2O4/c1-10(2)11-8-16(6)12(13(18)20-7)9-17(11)14(19)21-15(3,4)5/h10-12H,8-9H2,1-7H3/t11?,12-/m0/s1. The van der Waals surface area contributed by atoms with Gasteiger partial charge in [-0.1, -0.05) is 13.8 Å². The second kappa shape index (κ2) is 6.64. The Hall–Kier alpha value is -1.30. The van der Waals surface area contributed by atoms with Crippen molar-refractivity contribution in [3.05, 3.63) is 0 Å². The molecule has 1 fully saturated rings. The highest BCUT2D eigenvalue weighted by Gasteiger charge is 2.41. The Morgan fingerprint density at radius 1 is 1.19 bits per heavy atom. The molecular formula is C15H28N2O4. The molecule has 1 saturated heterocycles. The third kappa shape index (κ3) is 4.59. The van der Waals surface area contributed by atoms with Crippen molar-refractivity contribution in [2.24, 2.45) is 5.92 Å². The maximum absolute atomic E-state index is 12.4. The Morgan fingerprint density at radius 2 is 1.76 bits per heavy atom. The minimum atomic E-state index is -0.553. The number of ether oxygens (including phenoxy) is 2. The van der Waals surface area contributed by atoms with Gasteiger partial charge in [-0.05, 0) is 33.7 Å². The molecule has 1 amide bonds. The molecule has 6 heteroatoms. The molecule has 2 atom stereocenters. The number of methoxy groups -OCH3 is 1. The van der Waals surface area contributed by atoms with Crippen molar-refractivity contribution in [1.82, 2.24) is 9.80 Å². The van der Waals surface area contributed by atoms with Crippen LogP contribution in [-0.4, -0.2) is 66.8 Å². The zero-order valence-electron chi connectivity index (χ0n) is 14.2. The van der Waals surface area contributed by atoms with E-state index in [0.717, 1.165) is 0 Å². The number of nitrogens with zero attached hydrogens (tertiary/aromatic N) is 2. The first-order chi connectivity index (χ1) is 9.56. The van der Waals surface area contributed by atoms with Crippen LogP contribution >= 0.6 is 0 Å². The zero-order valence-corrected chi connectivity index (χ0v) is 14.2. The fourth-order valence-corrected chi connectivity index (χ4v) is 2.47. The van der Waals surface area contributed by atoms with E-state index in [-0.39, 0.29) is 24.0 Å². The van der Waals surface area contributed by atoms with E-state index >= 15 is 0 Å². The van der Waals surface area contributed by atoms with E-state index < -0.39 is 11.6 Å². The summed E-state index contributed by atoms with van der Waals surface area (Å²) < 4.78 is 10.3. The van der Waals surface area contributed by atoms with Gasteiger partial charge in [0.15, 0.2) is 0 Å². The van der Waals surface area contributed by atoms with E-state index in [1.165, 1.54) is 7.11 Å². The number of hydrogen-bond acceptors (Lipinski definition) is 5. The second-order valence-electron chi connectivity index (χ2n) is 6.92. The average Bonchev–Trinajstić information content (AvgIpc) is 2.35. The van der Waals surface area contributed by atoms with Crippen molar-refractivity contribution in [2.75, 3.05) is 27.2 Å². The van der Waals surface area contributed by atoms with Gasteiger partial charge in [-0.25, -0.2) is 4.79 Å². The fraction of sp³-hybridized carbons (Fsp3) is 0.867. The number of amides is 1. The predicted molar refractivity (Wildman–Crippen MR) is 80.0 cm³/mol. The Morgan fingerprint density at radius 3 is 2.19 bits per heavy atom. The number of esters is 1. The summed E-state index contributed by atoms with van der Waals surface area (Å²) in [7, 11) is 3.24. The molecule has 21 heavy (non-hydrogen) atoms. The van der Waals surface area contributed by atoms with Gasteiger partial charge < -0.3 is 14.4 Å². The van der Waals surface area contributed by atoms with E-state index in [2.05, 4.69) is 13.8 Å². The average molecular weight is 300 g/mol. The monoisotopic (exact) mass is 300 g/mol. The third-order valence-electron chi connectivity index (χ3n) is 3.65. The molecule has 0 aliphatic carbocycles. The molecular weight excluding hydrogens is 272 g/mol. The van der Waals surface area contributed by atoms with Crippen LogP contribution in [0.4, 0.5) is 4.79 Å². The smallest absolute Gasteiger partial charge is 0.410 e. The topological polar surface area (TPSA) is 59.1 Å². The molecule has 0 aromatic heterocycles. The van der Waals surface area contributed by atoms with Crippen LogP contribution in [0.3, 0.4) is 0 Å². The third-order valence-corrected chi connectivity index (χ3v) is 3.65. The van der Waals surface area contributed by atoms with E-state index in [1.54, 1.807) is 4.90 Å². The van der Waals surface area contributed by atoms with E-state index in [4.69, 9.17) is 9.47 Å². The number of carbonyl (C=O) groups excluding carboxylic acids is 2. The van der Waals surface area contributed by atoms with Gasteiger partial charge in [0.05, 0.1) is 19.7 Å². The molecule has 0 spiro atoms. The van der Waals surface area contributed by atoms with Crippen molar-refractivity contribution in [1.29, 1.82) is 0 Å². The lowest BCUT2D eigenvalue weighted by atomic mass is 9.97. The summed E-state index contributed by atoms with van der Waals surface area (Å²) in [5.74, 6) is -0.0492. The van der Waals surface area contributed by atoms with Crippen LogP contribution in [0.25, 0.3) is 0 Å². The van der Waals surface area contributed by atoms with Gasteiger partial charge in [-0.15, -0.1) is 0 Å². The van der Waals surface area contributed by atoms with Crippen LogP contribution in [0, 0.1) is 5.92 Å². The molecule has 6 nitrogen and oxygen atoms in total. The molecule has 0 radical (unpaired) electrons. The van der Waals surface area contributed by atoms with Crippen LogP contribution in [0.1, 0.15) is 34.6 Å². The summed E-state index contributed by atoms with van der Waals surface area (Å²) in [6, 6.07) is -0.428. The Kier molecular flexibility index (Phi) is 5.61. The first-order valence-corrected chi connectivity index (χ1v) is 7.34. The minimum Gasteiger partial charge on any atom is -0.468 e. The first-order valence-electron chi connectivity index (χ1n) is 7.34.